The van der Waals surface area contributed by atoms with Gasteiger partial charge in [0.2, 0.25) is 10.0 Å². The van der Waals surface area contributed by atoms with Gasteiger partial charge in [0.25, 0.3) is 0 Å². The van der Waals surface area contributed by atoms with E-state index in [0.29, 0.717) is 5.69 Å². The molecule has 1 aliphatic carbocycles. The van der Waals surface area contributed by atoms with Crippen molar-refractivity contribution in [2.45, 2.75) is 23.8 Å². The predicted octanol–water partition coefficient (Wildman–Crippen LogP) is 0.564. The zero-order chi connectivity index (χ0) is 10.9. The predicted molar refractivity (Wildman–Crippen MR) is 57.1 cm³/mol. The molecule has 1 fully saturated rings. The van der Waals surface area contributed by atoms with Crippen LogP contribution in [0.5, 0.6) is 0 Å². The molecule has 0 amide bonds. The van der Waals surface area contributed by atoms with Crippen LogP contribution in [0.3, 0.4) is 0 Å². The Bertz CT molecular complexity index is 454. The van der Waals surface area contributed by atoms with E-state index in [1.165, 1.54) is 6.20 Å². The summed E-state index contributed by atoms with van der Waals surface area (Å²) in [5.41, 5.74) is 0.568. The summed E-state index contributed by atoms with van der Waals surface area (Å²) in [5, 5.41) is 2.84. The Kier molecular flexibility index (Phi) is 2.62. The van der Waals surface area contributed by atoms with Crippen molar-refractivity contribution in [1.29, 1.82) is 0 Å². The molecule has 0 unspecified atom stereocenters. The third-order valence-electron chi connectivity index (χ3n) is 2.24. The Morgan fingerprint density at radius 3 is 2.80 bits per heavy atom. The molecule has 1 aromatic heterocycles. The molecule has 1 aromatic rings. The molecule has 1 saturated carbocycles. The summed E-state index contributed by atoms with van der Waals surface area (Å²) < 4.78 is 26.4. The summed E-state index contributed by atoms with van der Waals surface area (Å²) in [4.78, 5) is 4.04. The number of nitrogens with zero attached hydrogens (tertiary/aromatic N) is 1. The van der Waals surface area contributed by atoms with Crippen molar-refractivity contribution in [2.75, 3.05) is 12.4 Å². The fraction of sp³-hybridized carbons (Fsp3) is 0.444. The average molecular weight is 227 g/mol. The van der Waals surface area contributed by atoms with Gasteiger partial charge < -0.3 is 5.32 Å². The highest BCUT2D eigenvalue weighted by molar-refractivity contribution is 7.89. The SMILES string of the molecule is CNc1ccncc1S(=O)(=O)NC1CC1. The van der Waals surface area contributed by atoms with Gasteiger partial charge in [-0.2, -0.15) is 0 Å². The second kappa shape index (κ2) is 3.79. The van der Waals surface area contributed by atoms with Crippen LogP contribution in [0.1, 0.15) is 12.8 Å². The summed E-state index contributed by atoms with van der Waals surface area (Å²) in [6.45, 7) is 0. The van der Waals surface area contributed by atoms with Crippen LogP contribution in [0.15, 0.2) is 23.4 Å². The van der Waals surface area contributed by atoms with Crippen molar-refractivity contribution in [3.63, 3.8) is 0 Å². The number of hydrogen-bond acceptors (Lipinski definition) is 4. The molecule has 6 heteroatoms. The van der Waals surface area contributed by atoms with E-state index in [4.69, 9.17) is 0 Å². The number of anilines is 1. The van der Waals surface area contributed by atoms with Crippen LogP contribution < -0.4 is 10.0 Å². The molecule has 5 nitrogen and oxygen atoms in total. The summed E-state index contributed by atoms with van der Waals surface area (Å²) in [5.74, 6) is 0. The molecule has 82 valence electrons. The van der Waals surface area contributed by atoms with Crippen LogP contribution in [0, 0.1) is 0 Å². The van der Waals surface area contributed by atoms with E-state index in [2.05, 4.69) is 15.0 Å². The lowest BCUT2D eigenvalue weighted by Crippen LogP contribution is -2.26. The third-order valence-corrected chi connectivity index (χ3v) is 3.79. The summed E-state index contributed by atoms with van der Waals surface area (Å²) in [6.07, 6.45) is 4.77. The Balaban J connectivity index is 2.34. The normalized spacial score (nSPS) is 16.3. The zero-order valence-electron chi connectivity index (χ0n) is 8.40. The Hall–Kier alpha value is -1.14. The topological polar surface area (TPSA) is 71.1 Å². The molecule has 15 heavy (non-hydrogen) atoms. The minimum absolute atomic E-state index is 0.111. The van der Waals surface area contributed by atoms with Crippen LogP contribution >= 0.6 is 0 Å². The van der Waals surface area contributed by atoms with Crippen LogP contribution in [-0.4, -0.2) is 26.5 Å². The number of pyridine rings is 1. The lowest BCUT2D eigenvalue weighted by atomic mass is 10.4. The van der Waals surface area contributed by atoms with E-state index in [1.54, 1.807) is 19.3 Å². The van der Waals surface area contributed by atoms with Gasteiger partial charge in [0.05, 0.1) is 5.69 Å². The van der Waals surface area contributed by atoms with Crippen molar-refractivity contribution in [1.82, 2.24) is 9.71 Å². The third kappa shape index (κ3) is 2.27. The smallest absolute Gasteiger partial charge is 0.244 e. The largest absolute Gasteiger partial charge is 0.387 e. The van der Waals surface area contributed by atoms with Crippen molar-refractivity contribution < 1.29 is 8.42 Å². The maximum Gasteiger partial charge on any atom is 0.244 e. The lowest BCUT2D eigenvalue weighted by molar-refractivity contribution is 0.581. The Morgan fingerprint density at radius 1 is 1.47 bits per heavy atom. The minimum Gasteiger partial charge on any atom is -0.387 e. The maximum atomic E-state index is 11.9. The van der Waals surface area contributed by atoms with Gasteiger partial charge in [-0.3, -0.25) is 4.98 Å². The zero-order valence-corrected chi connectivity index (χ0v) is 9.21. The van der Waals surface area contributed by atoms with E-state index in [1.807, 2.05) is 0 Å². The van der Waals surface area contributed by atoms with Gasteiger partial charge in [-0.15, -0.1) is 0 Å². The first-order valence-electron chi connectivity index (χ1n) is 4.77. The molecule has 0 radical (unpaired) electrons. The number of rotatable bonds is 4. The second-order valence-electron chi connectivity index (χ2n) is 3.52. The van der Waals surface area contributed by atoms with E-state index >= 15 is 0 Å². The molecule has 1 aliphatic rings. The highest BCUT2D eigenvalue weighted by Gasteiger charge is 2.29. The molecule has 2 N–H and O–H groups in total. The molecule has 0 bridgehead atoms. The molecule has 1 heterocycles. The minimum atomic E-state index is -3.41. The molecule has 0 atom stereocenters. The van der Waals surface area contributed by atoms with Gasteiger partial charge in [0, 0.05) is 25.5 Å². The van der Waals surface area contributed by atoms with Gasteiger partial charge in [-0.1, -0.05) is 0 Å². The van der Waals surface area contributed by atoms with Gasteiger partial charge in [0.15, 0.2) is 0 Å². The summed E-state index contributed by atoms with van der Waals surface area (Å²) in [6, 6.07) is 1.75. The van der Waals surface area contributed by atoms with E-state index in [9.17, 15) is 8.42 Å². The summed E-state index contributed by atoms with van der Waals surface area (Å²) >= 11 is 0. The van der Waals surface area contributed by atoms with E-state index in [-0.39, 0.29) is 10.9 Å². The highest BCUT2D eigenvalue weighted by atomic mass is 32.2. The van der Waals surface area contributed by atoms with Gasteiger partial charge in [-0.25, -0.2) is 13.1 Å². The van der Waals surface area contributed by atoms with Gasteiger partial charge in [-0.05, 0) is 18.9 Å². The molecule has 0 saturated heterocycles. The fourth-order valence-corrected chi connectivity index (χ4v) is 2.75. The van der Waals surface area contributed by atoms with Crippen molar-refractivity contribution in [2.24, 2.45) is 0 Å². The Labute approximate surface area is 89.0 Å². The van der Waals surface area contributed by atoms with Gasteiger partial charge >= 0.3 is 0 Å². The lowest BCUT2D eigenvalue weighted by Gasteiger charge is -2.09. The van der Waals surface area contributed by atoms with Gasteiger partial charge in [0.1, 0.15) is 4.90 Å². The van der Waals surface area contributed by atoms with Crippen molar-refractivity contribution in [3.8, 4) is 0 Å². The number of aromatic nitrogens is 1. The van der Waals surface area contributed by atoms with E-state index < -0.39 is 10.0 Å². The number of sulfonamides is 1. The first kappa shape index (κ1) is 10.4. The molecular weight excluding hydrogens is 214 g/mol. The molecule has 0 spiro atoms. The maximum absolute atomic E-state index is 11.9. The molecule has 0 aromatic carbocycles. The summed E-state index contributed by atoms with van der Waals surface area (Å²) in [7, 11) is -1.73. The molecular formula is C9H13N3O2S. The Morgan fingerprint density at radius 2 is 2.20 bits per heavy atom. The van der Waals surface area contributed by atoms with Crippen molar-refractivity contribution in [3.05, 3.63) is 18.5 Å². The van der Waals surface area contributed by atoms with Crippen LogP contribution in [0.25, 0.3) is 0 Å². The van der Waals surface area contributed by atoms with Crippen LogP contribution in [0.4, 0.5) is 5.69 Å². The highest BCUT2D eigenvalue weighted by Crippen LogP contribution is 2.24. The first-order chi connectivity index (χ1) is 7.13. The standard InChI is InChI=1S/C9H13N3O2S/c1-10-8-4-5-11-6-9(8)15(13,14)12-7-2-3-7/h4-7,12H,2-3H2,1H3,(H,10,11). The molecule has 0 aliphatic heterocycles. The first-order valence-corrected chi connectivity index (χ1v) is 6.26. The number of nitrogens with one attached hydrogen (secondary N) is 2. The monoisotopic (exact) mass is 227 g/mol. The second-order valence-corrected chi connectivity index (χ2v) is 5.20. The molecule has 2 rings (SSSR count). The quantitative estimate of drug-likeness (QED) is 0.788. The number of hydrogen-bond donors (Lipinski definition) is 2. The van der Waals surface area contributed by atoms with Crippen LogP contribution in [0.2, 0.25) is 0 Å². The van der Waals surface area contributed by atoms with E-state index in [0.717, 1.165) is 12.8 Å². The van der Waals surface area contributed by atoms with Crippen LogP contribution in [-0.2, 0) is 10.0 Å². The average Bonchev–Trinajstić information content (AvgIpc) is 3.01. The van der Waals surface area contributed by atoms with Crippen molar-refractivity contribution >= 4 is 15.7 Å². The fourth-order valence-electron chi connectivity index (χ4n) is 1.28.